The third kappa shape index (κ3) is 34.3. The van der Waals surface area contributed by atoms with Gasteiger partial charge in [0.05, 0.1) is 39.6 Å². The Kier molecular flexibility index (Phi) is 40.6. The Hall–Kier alpha value is -0.130. The highest BCUT2D eigenvalue weighted by Crippen LogP contribution is 2.50. The summed E-state index contributed by atoms with van der Waals surface area (Å²) in [4.78, 5) is 0. The van der Waals surface area contributed by atoms with Crippen molar-refractivity contribution in [3.8, 4) is 0 Å². The Bertz CT molecular complexity index is 999. The van der Waals surface area contributed by atoms with E-state index in [1.165, 1.54) is 231 Å². The molecule has 0 spiro atoms. The molecule has 0 aromatic carbocycles. The van der Waals surface area contributed by atoms with Crippen molar-refractivity contribution in [1.82, 2.24) is 0 Å². The van der Waals surface area contributed by atoms with Gasteiger partial charge in [0, 0.05) is 0 Å². The van der Waals surface area contributed by atoms with Crippen LogP contribution < -0.4 is 0 Å². The summed E-state index contributed by atoms with van der Waals surface area (Å²) < 4.78 is 68.6. The molecule has 0 saturated carbocycles. The SMILES string of the molecule is CCCCCCCCCCCCCCCC1OCC(COP(=O)(OCC2COC(CCCCCCCCCCCCCCC)O2)OCC2COC(CCCCCCCCCCCCCCC)O2)O1. The molecule has 68 heavy (non-hydrogen) atoms. The number of unbranched alkanes of at least 4 members (excludes halogenated alkanes) is 36. The van der Waals surface area contributed by atoms with Gasteiger partial charge in [-0.05, 0) is 38.5 Å². The molecule has 0 radical (unpaired) electrons. The maximum Gasteiger partial charge on any atom is 0.475 e. The lowest BCUT2D eigenvalue weighted by atomic mass is 10.0. The summed E-state index contributed by atoms with van der Waals surface area (Å²) >= 11 is 0. The average molecular weight is 987 g/mol. The van der Waals surface area contributed by atoms with E-state index in [2.05, 4.69) is 20.8 Å². The number of hydrogen-bond acceptors (Lipinski definition) is 10. The predicted molar refractivity (Wildman–Crippen MR) is 280 cm³/mol. The highest BCUT2D eigenvalue weighted by Gasteiger charge is 2.37. The van der Waals surface area contributed by atoms with Gasteiger partial charge in [-0.15, -0.1) is 0 Å². The van der Waals surface area contributed by atoms with Crippen LogP contribution in [0.4, 0.5) is 0 Å². The molecule has 0 bridgehead atoms. The topological polar surface area (TPSA) is 100 Å². The number of ether oxygens (including phenoxy) is 6. The number of hydrogen-bond donors (Lipinski definition) is 0. The fourth-order valence-corrected chi connectivity index (χ4v) is 11.1. The van der Waals surface area contributed by atoms with Crippen LogP contribution in [0.15, 0.2) is 0 Å². The van der Waals surface area contributed by atoms with Gasteiger partial charge in [0.2, 0.25) is 0 Å². The van der Waals surface area contributed by atoms with Gasteiger partial charge in [-0.25, -0.2) is 4.57 Å². The van der Waals surface area contributed by atoms with E-state index in [-0.39, 0.29) is 57.0 Å². The van der Waals surface area contributed by atoms with E-state index in [9.17, 15) is 4.57 Å². The summed E-state index contributed by atoms with van der Waals surface area (Å²) in [7, 11) is -4.00. The Morgan fingerprint density at radius 1 is 0.309 bits per heavy atom. The second-order valence-corrected chi connectivity index (χ2v) is 22.7. The molecule has 3 fully saturated rings. The first-order chi connectivity index (χ1) is 33.5. The van der Waals surface area contributed by atoms with E-state index in [1.807, 2.05) is 0 Å². The highest BCUT2D eigenvalue weighted by molar-refractivity contribution is 7.48. The summed E-state index contributed by atoms with van der Waals surface area (Å²) in [5, 5.41) is 0. The van der Waals surface area contributed by atoms with Crippen molar-refractivity contribution < 1.29 is 46.6 Å². The first kappa shape index (κ1) is 62.2. The van der Waals surface area contributed by atoms with Gasteiger partial charge in [0.1, 0.15) is 18.3 Å². The van der Waals surface area contributed by atoms with Crippen molar-refractivity contribution in [1.29, 1.82) is 0 Å². The maximum absolute atomic E-state index is 14.2. The zero-order chi connectivity index (χ0) is 48.3. The first-order valence-electron chi connectivity index (χ1n) is 29.9. The van der Waals surface area contributed by atoms with E-state index in [1.54, 1.807) is 0 Å². The Labute approximate surface area is 420 Å². The van der Waals surface area contributed by atoms with Crippen molar-refractivity contribution in [2.45, 2.75) is 328 Å². The van der Waals surface area contributed by atoms with E-state index >= 15 is 0 Å². The lowest BCUT2D eigenvalue weighted by Crippen LogP contribution is -2.24. The molecule has 0 amide bonds. The molecule has 0 aromatic rings. The molecular weight excluding hydrogens is 876 g/mol. The molecule has 3 heterocycles. The van der Waals surface area contributed by atoms with Gasteiger partial charge in [0.15, 0.2) is 18.9 Å². The second-order valence-electron chi connectivity index (χ2n) is 21.0. The molecule has 6 unspecified atom stereocenters. The lowest BCUT2D eigenvalue weighted by molar-refractivity contribution is -0.0789. The van der Waals surface area contributed by atoms with Crippen LogP contribution in [0.1, 0.15) is 290 Å². The average Bonchev–Trinajstić information content (AvgIpc) is 4.14. The van der Waals surface area contributed by atoms with Gasteiger partial charge in [-0.1, -0.05) is 252 Å². The minimum Gasteiger partial charge on any atom is -0.350 e. The zero-order valence-corrected chi connectivity index (χ0v) is 45.8. The van der Waals surface area contributed by atoms with E-state index < -0.39 is 7.82 Å². The van der Waals surface area contributed by atoms with Crippen LogP contribution in [0.2, 0.25) is 0 Å². The molecule has 3 aliphatic heterocycles. The molecule has 0 N–H and O–H groups in total. The Balaban J connectivity index is 1.30. The Morgan fingerprint density at radius 3 is 0.706 bits per heavy atom. The fourth-order valence-electron chi connectivity index (χ4n) is 9.86. The maximum atomic E-state index is 14.2. The molecule has 11 heteroatoms. The molecule has 0 aromatic heterocycles. The minimum atomic E-state index is -4.00. The monoisotopic (exact) mass is 987 g/mol. The van der Waals surface area contributed by atoms with Crippen molar-refractivity contribution in [3.63, 3.8) is 0 Å². The van der Waals surface area contributed by atoms with Crippen LogP contribution in [-0.4, -0.2) is 76.8 Å². The van der Waals surface area contributed by atoms with Crippen LogP contribution in [0.25, 0.3) is 0 Å². The van der Waals surface area contributed by atoms with Crippen LogP contribution >= 0.6 is 7.82 Å². The van der Waals surface area contributed by atoms with Gasteiger partial charge in [0.25, 0.3) is 0 Å². The van der Waals surface area contributed by atoms with Crippen LogP contribution in [0, 0.1) is 0 Å². The van der Waals surface area contributed by atoms with E-state index in [0.29, 0.717) is 19.8 Å². The van der Waals surface area contributed by atoms with E-state index in [4.69, 9.17) is 42.0 Å². The van der Waals surface area contributed by atoms with Crippen molar-refractivity contribution in [3.05, 3.63) is 0 Å². The number of phosphoric acid groups is 1. The first-order valence-corrected chi connectivity index (χ1v) is 31.3. The van der Waals surface area contributed by atoms with Gasteiger partial charge in [-0.2, -0.15) is 0 Å². The summed E-state index contributed by atoms with van der Waals surface area (Å²) in [5.41, 5.74) is 0. The molecule has 10 nitrogen and oxygen atoms in total. The normalized spacial score (nSPS) is 22.8. The molecule has 3 rings (SSSR count). The lowest BCUT2D eigenvalue weighted by Gasteiger charge is -2.22. The van der Waals surface area contributed by atoms with Crippen molar-refractivity contribution in [2.75, 3.05) is 39.6 Å². The fraction of sp³-hybridized carbons (Fsp3) is 1.00. The third-order valence-electron chi connectivity index (χ3n) is 14.3. The highest BCUT2D eigenvalue weighted by atomic mass is 31.2. The van der Waals surface area contributed by atoms with Crippen LogP contribution in [0.3, 0.4) is 0 Å². The van der Waals surface area contributed by atoms with E-state index in [0.717, 1.165) is 38.5 Å². The predicted octanol–water partition coefficient (Wildman–Crippen LogP) is 17.8. The summed E-state index contributed by atoms with van der Waals surface area (Å²) in [5.74, 6) is 0. The molecule has 0 aliphatic carbocycles. The quantitative estimate of drug-likeness (QED) is 0.0433. The molecular formula is C57H111O10P. The van der Waals surface area contributed by atoms with Crippen LogP contribution in [0.5, 0.6) is 0 Å². The summed E-state index contributed by atoms with van der Waals surface area (Å²) in [6, 6.07) is 0. The molecule has 404 valence electrons. The third-order valence-corrected chi connectivity index (χ3v) is 15.7. The van der Waals surface area contributed by atoms with Crippen molar-refractivity contribution in [2.24, 2.45) is 0 Å². The van der Waals surface area contributed by atoms with Gasteiger partial charge in [-0.3, -0.25) is 13.6 Å². The number of rotatable bonds is 51. The largest absolute Gasteiger partial charge is 0.475 e. The van der Waals surface area contributed by atoms with Crippen LogP contribution in [-0.2, 0) is 46.6 Å². The zero-order valence-electron chi connectivity index (χ0n) is 44.9. The second kappa shape index (κ2) is 44.4. The van der Waals surface area contributed by atoms with Gasteiger partial charge >= 0.3 is 7.82 Å². The molecule has 6 atom stereocenters. The summed E-state index contributed by atoms with van der Waals surface area (Å²) in [6.07, 6.45) is 52.5. The molecule has 3 saturated heterocycles. The van der Waals surface area contributed by atoms with Crippen molar-refractivity contribution >= 4 is 7.82 Å². The molecule has 3 aliphatic rings. The smallest absolute Gasteiger partial charge is 0.350 e. The number of phosphoric ester groups is 1. The summed E-state index contributed by atoms with van der Waals surface area (Å²) in [6.45, 7) is 8.19. The standard InChI is InChI=1S/C57H111O10P/c1-4-7-10-13-16-19-22-25-28-31-34-37-40-43-55-59-46-52(65-55)49-62-68(58,63-50-53-47-60-56(66-53)44-41-38-35-32-29-26-23-20-17-14-11-8-5-2)64-51-54-48-61-57(67-54)45-42-39-36-33-30-27-24-21-18-15-12-9-6-3/h52-57H,4-51H2,1-3H3. The minimum absolute atomic E-state index is 0.0553. The van der Waals surface area contributed by atoms with Gasteiger partial charge < -0.3 is 28.4 Å². The Morgan fingerprint density at radius 2 is 0.500 bits per heavy atom.